The van der Waals surface area contributed by atoms with Crippen LogP contribution in [0.15, 0.2) is 23.3 Å². The molecule has 2 heterocycles. The largest absolute Gasteiger partial charge is 0.497 e. The van der Waals surface area contributed by atoms with Crippen molar-refractivity contribution in [2.75, 3.05) is 34.4 Å². The molecule has 0 aliphatic carbocycles. The van der Waals surface area contributed by atoms with Crippen LogP contribution in [-0.4, -0.2) is 45.0 Å². The molecule has 0 bridgehead atoms. The molecule has 2 unspecified atom stereocenters. The summed E-state index contributed by atoms with van der Waals surface area (Å²) < 4.78 is 10.8. The fourth-order valence-electron chi connectivity index (χ4n) is 3.06. The number of hydrogen-bond acceptors (Lipinski definition) is 5. The van der Waals surface area contributed by atoms with E-state index < -0.39 is 0 Å². The van der Waals surface area contributed by atoms with E-state index in [4.69, 9.17) is 9.47 Å². The molecular weight excluding hydrogens is 254 g/mol. The van der Waals surface area contributed by atoms with Crippen molar-refractivity contribution in [1.82, 2.24) is 10.3 Å². The maximum absolute atomic E-state index is 5.52. The van der Waals surface area contributed by atoms with Gasteiger partial charge in [-0.05, 0) is 19.2 Å². The Balaban J connectivity index is 1.90. The van der Waals surface area contributed by atoms with Gasteiger partial charge in [-0.25, -0.2) is 0 Å². The van der Waals surface area contributed by atoms with Crippen molar-refractivity contribution in [3.63, 3.8) is 0 Å². The van der Waals surface area contributed by atoms with Crippen LogP contribution in [0.1, 0.15) is 18.0 Å². The van der Waals surface area contributed by atoms with Gasteiger partial charge in [0.15, 0.2) is 0 Å². The summed E-state index contributed by atoms with van der Waals surface area (Å²) in [5, 5.41) is 4.52. The maximum atomic E-state index is 5.52. The number of fused-ring (bicyclic) bond motifs is 1. The number of hydrazone groups is 1. The number of benzene rings is 1. The van der Waals surface area contributed by atoms with E-state index in [9.17, 15) is 0 Å². The summed E-state index contributed by atoms with van der Waals surface area (Å²) in [5.74, 6) is 2.09. The zero-order valence-corrected chi connectivity index (χ0v) is 12.2. The van der Waals surface area contributed by atoms with Crippen molar-refractivity contribution in [3.8, 4) is 11.5 Å². The van der Waals surface area contributed by atoms with Gasteiger partial charge in [0.25, 0.3) is 0 Å². The Kier molecular flexibility index (Phi) is 3.53. The average molecular weight is 275 g/mol. The molecular formula is C15H21N3O2. The lowest BCUT2D eigenvalue weighted by atomic mass is 9.86. The lowest BCUT2D eigenvalue weighted by Gasteiger charge is -2.31. The monoisotopic (exact) mass is 275 g/mol. The zero-order valence-electron chi connectivity index (χ0n) is 12.2. The summed E-state index contributed by atoms with van der Waals surface area (Å²) in [5.41, 5.74) is 5.72. The first-order chi connectivity index (χ1) is 9.72. The molecule has 3 rings (SSSR count). The van der Waals surface area contributed by atoms with E-state index in [1.165, 1.54) is 5.71 Å². The first kappa shape index (κ1) is 13.2. The molecule has 0 saturated carbocycles. The van der Waals surface area contributed by atoms with Gasteiger partial charge in [-0.3, -0.25) is 0 Å². The number of hydrogen-bond donors (Lipinski definition) is 1. The predicted molar refractivity (Wildman–Crippen MR) is 78.5 cm³/mol. The molecule has 2 aliphatic rings. The van der Waals surface area contributed by atoms with E-state index in [-0.39, 0.29) is 6.04 Å². The van der Waals surface area contributed by atoms with Crippen LogP contribution in [0.3, 0.4) is 0 Å². The zero-order chi connectivity index (χ0) is 14.1. The van der Waals surface area contributed by atoms with Gasteiger partial charge < -0.3 is 19.8 Å². The highest BCUT2D eigenvalue weighted by atomic mass is 16.5. The van der Waals surface area contributed by atoms with Gasteiger partial charge in [-0.15, -0.1) is 0 Å². The van der Waals surface area contributed by atoms with Crippen LogP contribution < -0.4 is 14.9 Å². The van der Waals surface area contributed by atoms with Gasteiger partial charge in [0.05, 0.1) is 20.3 Å². The van der Waals surface area contributed by atoms with E-state index in [0.29, 0.717) is 5.92 Å². The van der Waals surface area contributed by atoms with E-state index >= 15 is 0 Å². The molecule has 0 amide bonds. The third-order valence-electron chi connectivity index (χ3n) is 4.21. The first-order valence-corrected chi connectivity index (χ1v) is 6.95. The van der Waals surface area contributed by atoms with E-state index in [0.717, 1.165) is 36.6 Å². The highest BCUT2D eigenvalue weighted by Crippen LogP contribution is 2.37. The summed E-state index contributed by atoms with van der Waals surface area (Å²) in [7, 11) is 5.53. The van der Waals surface area contributed by atoms with Crippen LogP contribution in [0.2, 0.25) is 0 Å². The van der Waals surface area contributed by atoms with Gasteiger partial charge in [0, 0.05) is 42.8 Å². The number of methoxy groups -OCH3 is 2. The predicted octanol–water partition coefficient (Wildman–Crippen LogP) is 1.66. The van der Waals surface area contributed by atoms with Gasteiger partial charge in [0.1, 0.15) is 11.5 Å². The molecule has 1 saturated heterocycles. The van der Waals surface area contributed by atoms with Crippen molar-refractivity contribution in [2.24, 2.45) is 11.0 Å². The van der Waals surface area contributed by atoms with Crippen molar-refractivity contribution in [1.29, 1.82) is 0 Å². The fraction of sp³-hybridized carbons (Fsp3) is 0.533. The number of piperidine rings is 1. The Morgan fingerprint density at radius 2 is 2.15 bits per heavy atom. The number of nitrogens with zero attached hydrogens (tertiary/aromatic N) is 2. The molecule has 20 heavy (non-hydrogen) atoms. The fourth-order valence-corrected chi connectivity index (χ4v) is 3.06. The van der Waals surface area contributed by atoms with Crippen LogP contribution in [0, 0.1) is 5.92 Å². The second-order valence-electron chi connectivity index (χ2n) is 5.44. The van der Waals surface area contributed by atoms with Crippen molar-refractivity contribution < 1.29 is 9.47 Å². The van der Waals surface area contributed by atoms with Gasteiger partial charge in [0.2, 0.25) is 0 Å². The molecule has 0 aromatic heterocycles. The van der Waals surface area contributed by atoms with Crippen molar-refractivity contribution in [2.45, 2.75) is 12.5 Å². The highest BCUT2D eigenvalue weighted by molar-refractivity contribution is 5.90. The third kappa shape index (κ3) is 2.22. The van der Waals surface area contributed by atoms with Crippen molar-refractivity contribution >= 4 is 5.71 Å². The SMILES string of the molecule is COc1ccc(C2NN=C3CCN(C)CC32)c(OC)c1. The quantitative estimate of drug-likeness (QED) is 0.911. The minimum absolute atomic E-state index is 0.189. The molecule has 2 atom stereocenters. The highest BCUT2D eigenvalue weighted by Gasteiger charge is 2.37. The minimum Gasteiger partial charge on any atom is -0.497 e. The summed E-state index contributed by atoms with van der Waals surface area (Å²) in [6.07, 6.45) is 1.04. The Morgan fingerprint density at radius 1 is 1.30 bits per heavy atom. The third-order valence-corrected chi connectivity index (χ3v) is 4.21. The standard InChI is InChI=1S/C15H21N3O2/c1-18-7-6-13-12(9-18)15(17-16-13)11-5-4-10(19-2)8-14(11)20-3/h4-5,8,12,15,17H,6-7,9H2,1-3H3. The number of likely N-dealkylation sites (tertiary alicyclic amines) is 1. The van der Waals surface area contributed by atoms with E-state index in [1.54, 1.807) is 14.2 Å². The summed E-state index contributed by atoms with van der Waals surface area (Å²) in [4.78, 5) is 2.36. The Bertz CT molecular complexity index is 530. The molecule has 1 N–H and O–H groups in total. The molecule has 1 aromatic carbocycles. The maximum Gasteiger partial charge on any atom is 0.127 e. The Morgan fingerprint density at radius 3 is 2.90 bits per heavy atom. The summed E-state index contributed by atoms with van der Waals surface area (Å²) in [6, 6.07) is 6.17. The van der Waals surface area contributed by atoms with Gasteiger partial charge in [-0.1, -0.05) is 0 Å². The first-order valence-electron chi connectivity index (χ1n) is 6.95. The van der Waals surface area contributed by atoms with Crippen LogP contribution in [0.4, 0.5) is 0 Å². The number of rotatable bonds is 3. The Hall–Kier alpha value is -1.75. The molecule has 108 valence electrons. The molecule has 1 fully saturated rings. The second-order valence-corrected chi connectivity index (χ2v) is 5.44. The number of nitrogens with one attached hydrogen (secondary N) is 1. The van der Waals surface area contributed by atoms with E-state index in [2.05, 4.69) is 28.5 Å². The molecule has 1 aromatic rings. The normalized spacial score (nSPS) is 25.6. The number of ether oxygens (including phenoxy) is 2. The average Bonchev–Trinajstić information content (AvgIpc) is 2.89. The molecule has 0 spiro atoms. The second kappa shape index (κ2) is 5.32. The smallest absolute Gasteiger partial charge is 0.127 e. The lowest BCUT2D eigenvalue weighted by Crippen LogP contribution is -2.39. The van der Waals surface area contributed by atoms with Crippen LogP contribution in [-0.2, 0) is 0 Å². The molecule has 5 nitrogen and oxygen atoms in total. The summed E-state index contributed by atoms with van der Waals surface area (Å²) >= 11 is 0. The van der Waals surface area contributed by atoms with Crippen LogP contribution >= 0.6 is 0 Å². The van der Waals surface area contributed by atoms with Gasteiger partial charge >= 0.3 is 0 Å². The molecule has 2 aliphatic heterocycles. The molecule has 0 radical (unpaired) electrons. The van der Waals surface area contributed by atoms with Crippen molar-refractivity contribution in [3.05, 3.63) is 23.8 Å². The van der Waals surface area contributed by atoms with Gasteiger partial charge in [-0.2, -0.15) is 5.10 Å². The summed E-state index contributed by atoms with van der Waals surface area (Å²) in [6.45, 7) is 2.12. The van der Waals surface area contributed by atoms with Crippen LogP contribution in [0.5, 0.6) is 11.5 Å². The minimum atomic E-state index is 0.189. The molecule has 5 heteroatoms. The lowest BCUT2D eigenvalue weighted by molar-refractivity contribution is 0.270. The van der Waals surface area contributed by atoms with E-state index in [1.807, 2.05) is 12.1 Å². The van der Waals surface area contributed by atoms with Crippen LogP contribution in [0.25, 0.3) is 0 Å². The Labute approximate surface area is 119 Å². The topological polar surface area (TPSA) is 46.1 Å².